The molecule has 2 aromatic heterocycles. The molecule has 60 valence electrons. The lowest BCUT2D eigenvalue weighted by molar-refractivity contribution is 0.541. The van der Waals surface area contributed by atoms with Gasteiger partial charge in [-0.05, 0) is 6.92 Å². The minimum Gasteiger partial charge on any atom is -0.399 e. The highest BCUT2D eigenvalue weighted by Crippen LogP contribution is 2.01. The summed E-state index contributed by atoms with van der Waals surface area (Å²) in [5.74, 6) is 0. The Morgan fingerprint density at radius 2 is 2.17 bits per heavy atom. The van der Waals surface area contributed by atoms with Crippen LogP contribution >= 0.6 is 0 Å². The smallest absolute Gasteiger partial charge is 0.356 e. The number of fused-ring (bicyclic) bond motifs is 1. The van der Waals surface area contributed by atoms with Gasteiger partial charge in [0.25, 0.3) is 5.71 Å². The van der Waals surface area contributed by atoms with Crippen molar-refractivity contribution >= 4 is 11.4 Å². The number of hydrogen-bond acceptors (Lipinski definition) is 5. The van der Waals surface area contributed by atoms with Crippen LogP contribution in [-0.4, -0.2) is 15.0 Å². The van der Waals surface area contributed by atoms with E-state index < -0.39 is 5.63 Å². The Hall–Kier alpha value is -1.78. The number of aromatic nitrogens is 3. The molecule has 2 heterocycles. The summed E-state index contributed by atoms with van der Waals surface area (Å²) in [6.07, 6.45) is 2.60. The van der Waals surface area contributed by atoms with Crippen molar-refractivity contribution in [3.63, 3.8) is 0 Å². The Balaban J connectivity index is 2.87. The van der Waals surface area contributed by atoms with Gasteiger partial charge in [0.05, 0.1) is 11.9 Å². The normalized spacial score (nSPS) is 10.4. The average molecular weight is 163 g/mol. The van der Waals surface area contributed by atoms with E-state index in [4.69, 9.17) is 4.42 Å². The summed E-state index contributed by atoms with van der Waals surface area (Å²) in [7, 11) is 0. The zero-order chi connectivity index (χ0) is 8.55. The van der Waals surface area contributed by atoms with E-state index in [-0.39, 0.29) is 5.71 Å². The lowest BCUT2D eigenvalue weighted by Gasteiger charge is -1.92. The average Bonchev–Trinajstić information content (AvgIpc) is 2.05. The van der Waals surface area contributed by atoms with E-state index >= 15 is 0 Å². The van der Waals surface area contributed by atoms with Gasteiger partial charge in [-0.25, -0.2) is 19.7 Å². The fourth-order valence-corrected chi connectivity index (χ4v) is 0.845. The molecule has 0 fully saturated rings. The Bertz CT molecular complexity index is 477. The predicted octanol–water partition coefficient (Wildman–Crippen LogP) is 0.286. The quantitative estimate of drug-likeness (QED) is 0.558. The van der Waals surface area contributed by atoms with Crippen LogP contribution in [0.1, 0.15) is 5.69 Å². The molecule has 0 saturated heterocycles. The van der Waals surface area contributed by atoms with Gasteiger partial charge < -0.3 is 4.42 Å². The molecule has 0 aliphatic rings. The van der Waals surface area contributed by atoms with Gasteiger partial charge in [0, 0.05) is 0 Å². The van der Waals surface area contributed by atoms with Gasteiger partial charge in [-0.15, -0.1) is 0 Å². The van der Waals surface area contributed by atoms with E-state index in [0.717, 1.165) is 11.9 Å². The van der Waals surface area contributed by atoms with Crippen molar-refractivity contribution in [1.82, 2.24) is 15.0 Å². The Morgan fingerprint density at radius 1 is 1.33 bits per heavy atom. The van der Waals surface area contributed by atoms with E-state index in [1.165, 1.54) is 6.20 Å². The van der Waals surface area contributed by atoms with Gasteiger partial charge in [-0.3, -0.25) is 0 Å². The van der Waals surface area contributed by atoms with Gasteiger partial charge in [-0.2, -0.15) is 0 Å². The first-order valence-electron chi connectivity index (χ1n) is 3.35. The summed E-state index contributed by atoms with van der Waals surface area (Å²) in [6, 6.07) is 0. The maximum atomic E-state index is 10.7. The van der Waals surface area contributed by atoms with E-state index in [2.05, 4.69) is 15.0 Å². The third-order valence-corrected chi connectivity index (χ3v) is 1.33. The molecule has 0 saturated carbocycles. The second-order valence-corrected chi connectivity index (χ2v) is 2.32. The first-order valence-corrected chi connectivity index (χ1v) is 3.35. The van der Waals surface area contributed by atoms with Crippen LogP contribution in [0.4, 0.5) is 0 Å². The molecule has 0 radical (unpaired) electrons. The van der Waals surface area contributed by atoms with E-state index in [9.17, 15) is 4.79 Å². The SMILES string of the molecule is Cc1cnc2oc(=O)cnc2n1. The molecular formula is C7H5N3O2. The molecule has 0 atom stereocenters. The van der Waals surface area contributed by atoms with Crippen LogP contribution in [0, 0.1) is 6.92 Å². The standard InChI is InChI=1S/C7H5N3O2/c1-4-2-9-7-6(10-4)8-3-5(11)12-7/h2-3H,1H3. The molecule has 0 spiro atoms. The lowest BCUT2D eigenvalue weighted by atomic mass is 10.5. The summed E-state index contributed by atoms with van der Waals surface area (Å²) in [5, 5.41) is 0. The maximum Gasteiger partial charge on any atom is 0.356 e. The fraction of sp³-hybridized carbons (Fsp3) is 0.143. The molecule has 0 aliphatic heterocycles. The minimum absolute atomic E-state index is 0.174. The first kappa shape index (κ1) is 6.90. The predicted molar refractivity (Wildman–Crippen MR) is 40.6 cm³/mol. The van der Waals surface area contributed by atoms with Gasteiger partial charge >= 0.3 is 5.63 Å². The van der Waals surface area contributed by atoms with E-state index in [0.29, 0.717) is 5.65 Å². The Morgan fingerprint density at radius 3 is 3.00 bits per heavy atom. The van der Waals surface area contributed by atoms with Crippen LogP contribution in [0.2, 0.25) is 0 Å². The number of aryl methyl sites for hydroxylation is 1. The summed E-state index contributed by atoms with van der Waals surface area (Å²) in [6.45, 7) is 1.79. The van der Waals surface area contributed by atoms with Crippen LogP contribution < -0.4 is 5.63 Å². The third-order valence-electron chi connectivity index (χ3n) is 1.33. The molecule has 0 N–H and O–H groups in total. The highest BCUT2D eigenvalue weighted by atomic mass is 16.4. The van der Waals surface area contributed by atoms with Crippen molar-refractivity contribution < 1.29 is 4.42 Å². The zero-order valence-electron chi connectivity index (χ0n) is 6.31. The van der Waals surface area contributed by atoms with Crippen LogP contribution in [0.3, 0.4) is 0 Å². The fourth-order valence-electron chi connectivity index (χ4n) is 0.845. The second kappa shape index (κ2) is 2.37. The second-order valence-electron chi connectivity index (χ2n) is 2.32. The summed E-state index contributed by atoms with van der Waals surface area (Å²) in [4.78, 5) is 22.3. The molecule has 0 aliphatic carbocycles. The van der Waals surface area contributed by atoms with Crippen LogP contribution in [0.15, 0.2) is 21.6 Å². The van der Waals surface area contributed by atoms with Crippen LogP contribution in [0.25, 0.3) is 11.4 Å². The van der Waals surface area contributed by atoms with E-state index in [1.54, 1.807) is 6.92 Å². The molecule has 2 rings (SSSR count). The van der Waals surface area contributed by atoms with Gasteiger partial charge in [0.1, 0.15) is 6.20 Å². The summed E-state index contributed by atoms with van der Waals surface area (Å²) in [5.41, 5.74) is 0.757. The van der Waals surface area contributed by atoms with Crippen molar-refractivity contribution in [3.05, 3.63) is 28.5 Å². The lowest BCUT2D eigenvalue weighted by Crippen LogP contribution is -2.00. The Kier molecular flexibility index (Phi) is 1.36. The van der Waals surface area contributed by atoms with Crippen molar-refractivity contribution in [3.8, 4) is 0 Å². The first-order chi connectivity index (χ1) is 5.75. The largest absolute Gasteiger partial charge is 0.399 e. The summed E-state index contributed by atoms with van der Waals surface area (Å²) >= 11 is 0. The molecule has 0 amide bonds. The number of hydrogen-bond donors (Lipinski definition) is 0. The molecule has 2 aromatic rings. The topological polar surface area (TPSA) is 68.9 Å². The number of nitrogens with zero attached hydrogens (tertiary/aromatic N) is 3. The molecule has 5 heteroatoms. The van der Waals surface area contributed by atoms with Gasteiger partial charge in [0.15, 0.2) is 0 Å². The van der Waals surface area contributed by atoms with E-state index in [1.807, 2.05) is 0 Å². The van der Waals surface area contributed by atoms with Crippen molar-refractivity contribution in [1.29, 1.82) is 0 Å². The van der Waals surface area contributed by atoms with Crippen molar-refractivity contribution in [2.24, 2.45) is 0 Å². The number of rotatable bonds is 0. The third kappa shape index (κ3) is 1.05. The van der Waals surface area contributed by atoms with Crippen molar-refractivity contribution in [2.45, 2.75) is 6.92 Å². The molecule has 0 unspecified atom stereocenters. The molecule has 0 bridgehead atoms. The summed E-state index contributed by atoms with van der Waals surface area (Å²) < 4.78 is 4.72. The molecule has 0 aromatic carbocycles. The van der Waals surface area contributed by atoms with Gasteiger partial charge in [-0.1, -0.05) is 0 Å². The van der Waals surface area contributed by atoms with Gasteiger partial charge in [0.2, 0.25) is 5.65 Å². The molecular weight excluding hydrogens is 158 g/mol. The molecule has 12 heavy (non-hydrogen) atoms. The zero-order valence-corrected chi connectivity index (χ0v) is 6.31. The maximum absolute atomic E-state index is 10.7. The molecule has 5 nitrogen and oxygen atoms in total. The minimum atomic E-state index is -0.513. The highest BCUT2D eigenvalue weighted by Gasteiger charge is 1.99. The van der Waals surface area contributed by atoms with Crippen LogP contribution in [0.5, 0.6) is 0 Å². The van der Waals surface area contributed by atoms with Crippen LogP contribution in [-0.2, 0) is 0 Å². The van der Waals surface area contributed by atoms with Crippen molar-refractivity contribution in [2.75, 3.05) is 0 Å². The monoisotopic (exact) mass is 163 g/mol. The highest BCUT2D eigenvalue weighted by molar-refractivity contribution is 5.60. The Labute approximate surface area is 67.1 Å².